The molecule has 1 nitrogen and oxygen atoms in total. The Labute approximate surface area is 106 Å². The maximum Gasteiger partial charge on any atom is 0.139 e. The van der Waals surface area contributed by atoms with Crippen molar-refractivity contribution in [1.82, 2.24) is 0 Å². The summed E-state index contributed by atoms with van der Waals surface area (Å²) in [6.07, 6.45) is 9.73. The number of allylic oxidation sites excluding steroid dienone is 4. The molecule has 1 rings (SSSR count). The molecular weight excluding hydrogens is 208 g/mol. The first-order valence-electron chi connectivity index (χ1n) is 6.81. The summed E-state index contributed by atoms with van der Waals surface area (Å²) < 4.78 is 0. The first kappa shape index (κ1) is 14.2. The molecule has 0 bridgehead atoms. The van der Waals surface area contributed by atoms with Crippen LogP contribution in [-0.4, -0.2) is 5.78 Å². The number of rotatable bonds is 4. The highest BCUT2D eigenvalue weighted by Gasteiger charge is 2.29. The van der Waals surface area contributed by atoms with Crippen molar-refractivity contribution >= 4 is 5.78 Å². The molecular formula is C16H26O. The second-order valence-corrected chi connectivity index (χ2v) is 5.76. The van der Waals surface area contributed by atoms with Gasteiger partial charge in [-0.05, 0) is 53.4 Å². The van der Waals surface area contributed by atoms with Crippen molar-refractivity contribution in [3.8, 4) is 0 Å². The summed E-state index contributed by atoms with van der Waals surface area (Å²) in [5, 5.41) is 0. The van der Waals surface area contributed by atoms with Gasteiger partial charge in [0.15, 0.2) is 0 Å². The van der Waals surface area contributed by atoms with Crippen LogP contribution in [0.15, 0.2) is 23.3 Å². The number of hydrogen-bond acceptors (Lipinski definition) is 1. The van der Waals surface area contributed by atoms with Crippen molar-refractivity contribution < 1.29 is 4.79 Å². The third kappa shape index (κ3) is 4.89. The Hall–Kier alpha value is -0.850. The van der Waals surface area contributed by atoms with Crippen LogP contribution in [0.1, 0.15) is 59.8 Å². The van der Waals surface area contributed by atoms with E-state index in [4.69, 9.17) is 0 Å². The Morgan fingerprint density at radius 2 is 1.41 bits per heavy atom. The second kappa shape index (κ2) is 6.78. The van der Waals surface area contributed by atoms with E-state index < -0.39 is 0 Å². The standard InChI is InChI=1S/C16H26O/c1-12(2)8-10-14-6-5-7-15(16(14)17)11-9-13(3)4/h8-9,14-15H,5-7,10-11H2,1-4H3/t14-,15+. The average molecular weight is 234 g/mol. The molecule has 0 radical (unpaired) electrons. The second-order valence-electron chi connectivity index (χ2n) is 5.76. The zero-order chi connectivity index (χ0) is 12.8. The highest BCUT2D eigenvalue weighted by atomic mass is 16.1. The third-order valence-electron chi connectivity index (χ3n) is 3.53. The van der Waals surface area contributed by atoms with E-state index in [0.717, 1.165) is 25.7 Å². The molecule has 0 spiro atoms. The third-order valence-corrected chi connectivity index (χ3v) is 3.53. The highest BCUT2D eigenvalue weighted by molar-refractivity contribution is 5.84. The van der Waals surface area contributed by atoms with Gasteiger partial charge in [-0.3, -0.25) is 4.79 Å². The molecule has 0 aromatic rings. The minimum atomic E-state index is 0.286. The summed E-state index contributed by atoms with van der Waals surface area (Å²) in [5.41, 5.74) is 2.65. The van der Waals surface area contributed by atoms with E-state index in [2.05, 4.69) is 39.8 Å². The summed E-state index contributed by atoms with van der Waals surface area (Å²) in [6.45, 7) is 8.42. The number of Topliss-reactive ketones (excluding diaryl/α,β-unsaturated/α-hetero) is 1. The molecule has 17 heavy (non-hydrogen) atoms. The first-order chi connectivity index (χ1) is 8.00. The number of ketones is 1. The van der Waals surface area contributed by atoms with Crippen molar-refractivity contribution in [3.05, 3.63) is 23.3 Å². The van der Waals surface area contributed by atoms with Gasteiger partial charge in [0.05, 0.1) is 0 Å². The average Bonchev–Trinajstić information content (AvgIpc) is 2.25. The zero-order valence-electron chi connectivity index (χ0n) is 11.8. The Bertz CT molecular complexity index is 284. The van der Waals surface area contributed by atoms with Crippen LogP contribution in [0, 0.1) is 11.8 Å². The molecule has 1 fully saturated rings. The van der Waals surface area contributed by atoms with Gasteiger partial charge in [0.1, 0.15) is 5.78 Å². The lowest BCUT2D eigenvalue weighted by Crippen LogP contribution is -2.27. The van der Waals surface area contributed by atoms with E-state index >= 15 is 0 Å². The fraction of sp³-hybridized carbons (Fsp3) is 0.688. The molecule has 0 aromatic carbocycles. The molecule has 0 amide bonds. The van der Waals surface area contributed by atoms with Crippen LogP contribution >= 0.6 is 0 Å². The Balaban J connectivity index is 2.56. The van der Waals surface area contributed by atoms with Crippen molar-refractivity contribution in [2.75, 3.05) is 0 Å². The monoisotopic (exact) mass is 234 g/mol. The van der Waals surface area contributed by atoms with Crippen LogP contribution in [-0.2, 0) is 4.79 Å². The van der Waals surface area contributed by atoms with Crippen molar-refractivity contribution in [2.45, 2.75) is 59.8 Å². The van der Waals surface area contributed by atoms with Gasteiger partial charge in [-0.2, -0.15) is 0 Å². The van der Waals surface area contributed by atoms with Crippen molar-refractivity contribution in [3.63, 3.8) is 0 Å². The number of hydrogen-bond donors (Lipinski definition) is 0. The van der Waals surface area contributed by atoms with Gasteiger partial charge >= 0.3 is 0 Å². The molecule has 96 valence electrons. The predicted molar refractivity (Wildman–Crippen MR) is 73.9 cm³/mol. The maximum absolute atomic E-state index is 12.3. The highest BCUT2D eigenvalue weighted by Crippen LogP contribution is 2.31. The molecule has 0 aliphatic heterocycles. The van der Waals surface area contributed by atoms with E-state index in [1.54, 1.807) is 0 Å². The lowest BCUT2D eigenvalue weighted by atomic mass is 9.77. The Kier molecular flexibility index (Phi) is 5.67. The molecule has 0 saturated heterocycles. The summed E-state index contributed by atoms with van der Waals surface area (Å²) in [7, 11) is 0. The molecule has 1 aliphatic rings. The van der Waals surface area contributed by atoms with E-state index in [1.807, 2.05) is 0 Å². The Morgan fingerprint density at radius 3 is 1.76 bits per heavy atom. The molecule has 1 aliphatic carbocycles. The van der Waals surface area contributed by atoms with Crippen LogP contribution in [0.5, 0.6) is 0 Å². The number of carbonyl (C=O) groups is 1. The SMILES string of the molecule is CC(C)=CC[C@@H]1CCC[C@H](CC=C(C)C)C1=O. The minimum absolute atomic E-state index is 0.286. The molecule has 0 aromatic heterocycles. The summed E-state index contributed by atoms with van der Waals surface area (Å²) in [5.74, 6) is 1.08. The van der Waals surface area contributed by atoms with Gasteiger partial charge in [0.2, 0.25) is 0 Å². The zero-order valence-corrected chi connectivity index (χ0v) is 11.8. The quantitative estimate of drug-likeness (QED) is 0.645. The predicted octanol–water partition coefficient (Wildman–Crippen LogP) is 4.68. The van der Waals surface area contributed by atoms with Gasteiger partial charge in [0, 0.05) is 11.8 Å². The molecule has 0 heterocycles. The van der Waals surface area contributed by atoms with Crippen LogP contribution in [0.4, 0.5) is 0 Å². The summed E-state index contributed by atoms with van der Waals surface area (Å²) in [6, 6.07) is 0. The molecule has 1 saturated carbocycles. The van der Waals surface area contributed by atoms with E-state index in [1.165, 1.54) is 17.6 Å². The van der Waals surface area contributed by atoms with Gasteiger partial charge in [-0.25, -0.2) is 0 Å². The van der Waals surface area contributed by atoms with Gasteiger partial charge < -0.3 is 0 Å². The van der Waals surface area contributed by atoms with Crippen molar-refractivity contribution in [2.24, 2.45) is 11.8 Å². The van der Waals surface area contributed by atoms with E-state index in [-0.39, 0.29) is 11.8 Å². The molecule has 2 atom stereocenters. The normalized spacial score (nSPS) is 24.4. The largest absolute Gasteiger partial charge is 0.299 e. The summed E-state index contributed by atoms with van der Waals surface area (Å²) in [4.78, 5) is 12.3. The molecule has 1 heteroatoms. The summed E-state index contributed by atoms with van der Waals surface area (Å²) >= 11 is 0. The van der Waals surface area contributed by atoms with Gasteiger partial charge in [0.25, 0.3) is 0 Å². The fourth-order valence-electron chi connectivity index (χ4n) is 2.45. The first-order valence-corrected chi connectivity index (χ1v) is 6.81. The van der Waals surface area contributed by atoms with E-state index in [9.17, 15) is 4.79 Å². The van der Waals surface area contributed by atoms with Gasteiger partial charge in [-0.15, -0.1) is 0 Å². The fourth-order valence-corrected chi connectivity index (χ4v) is 2.45. The van der Waals surface area contributed by atoms with Crippen LogP contribution < -0.4 is 0 Å². The van der Waals surface area contributed by atoms with E-state index in [0.29, 0.717) is 5.78 Å². The van der Waals surface area contributed by atoms with Crippen LogP contribution in [0.25, 0.3) is 0 Å². The lowest BCUT2D eigenvalue weighted by Gasteiger charge is -2.26. The molecule has 0 unspecified atom stereocenters. The maximum atomic E-state index is 12.3. The topological polar surface area (TPSA) is 17.1 Å². The van der Waals surface area contributed by atoms with Gasteiger partial charge in [-0.1, -0.05) is 29.7 Å². The van der Waals surface area contributed by atoms with Crippen LogP contribution in [0.3, 0.4) is 0 Å². The lowest BCUT2D eigenvalue weighted by molar-refractivity contribution is -0.128. The smallest absolute Gasteiger partial charge is 0.139 e. The van der Waals surface area contributed by atoms with Crippen molar-refractivity contribution in [1.29, 1.82) is 0 Å². The molecule has 0 N–H and O–H groups in total. The Morgan fingerprint density at radius 1 is 1.00 bits per heavy atom. The number of carbonyl (C=O) groups excluding carboxylic acids is 1. The minimum Gasteiger partial charge on any atom is -0.299 e. The van der Waals surface area contributed by atoms with Crippen LogP contribution in [0.2, 0.25) is 0 Å².